The van der Waals surface area contributed by atoms with E-state index in [1.54, 1.807) is 6.07 Å². The van der Waals surface area contributed by atoms with E-state index in [-0.39, 0.29) is 11.9 Å². The summed E-state index contributed by atoms with van der Waals surface area (Å²) < 4.78 is 15.1. The molecule has 21 heavy (non-hydrogen) atoms. The summed E-state index contributed by atoms with van der Waals surface area (Å²) in [6, 6.07) is 5.58. The zero-order valence-corrected chi connectivity index (χ0v) is 14.6. The summed E-state index contributed by atoms with van der Waals surface area (Å²) in [6.07, 6.45) is 6.23. The Morgan fingerprint density at radius 2 is 2.00 bits per heavy atom. The number of nitrogens with zero attached hydrogens (tertiary/aromatic N) is 1. The molecule has 1 fully saturated rings. The van der Waals surface area contributed by atoms with E-state index in [1.807, 2.05) is 6.07 Å². The van der Waals surface area contributed by atoms with Crippen molar-refractivity contribution in [3.63, 3.8) is 0 Å². The SMILES string of the molecule is CCC1CCC(N(C)C(CN)c2cc(Br)ccc2F)CC1. The molecule has 0 radical (unpaired) electrons. The minimum absolute atomic E-state index is 0.0503. The Morgan fingerprint density at radius 1 is 1.33 bits per heavy atom. The van der Waals surface area contributed by atoms with Gasteiger partial charge in [0.25, 0.3) is 0 Å². The molecule has 2 N–H and O–H groups in total. The van der Waals surface area contributed by atoms with Crippen molar-refractivity contribution in [2.75, 3.05) is 13.6 Å². The Hall–Kier alpha value is -0.450. The number of halogens is 2. The fraction of sp³-hybridized carbons (Fsp3) is 0.647. The lowest BCUT2D eigenvalue weighted by Crippen LogP contribution is -2.41. The number of likely N-dealkylation sites (N-methyl/N-ethyl adjacent to an activating group) is 1. The van der Waals surface area contributed by atoms with Crippen LogP contribution in [0.25, 0.3) is 0 Å². The predicted molar refractivity (Wildman–Crippen MR) is 89.7 cm³/mol. The fourth-order valence-corrected chi connectivity index (χ4v) is 3.88. The quantitative estimate of drug-likeness (QED) is 0.841. The van der Waals surface area contributed by atoms with E-state index in [0.717, 1.165) is 10.4 Å². The van der Waals surface area contributed by atoms with Gasteiger partial charge in [-0.25, -0.2) is 4.39 Å². The van der Waals surface area contributed by atoms with E-state index in [2.05, 4.69) is 34.8 Å². The second-order valence-corrected chi connectivity index (χ2v) is 7.08. The summed E-state index contributed by atoms with van der Waals surface area (Å²) in [5.41, 5.74) is 6.66. The van der Waals surface area contributed by atoms with Crippen LogP contribution in [-0.2, 0) is 0 Å². The van der Waals surface area contributed by atoms with E-state index < -0.39 is 0 Å². The van der Waals surface area contributed by atoms with E-state index in [4.69, 9.17) is 5.73 Å². The Balaban J connectivity index is 2.11. The van der Waals surface area contributed by atoms with Crippen molar-refractivity contribution in [3.05, 3.63) is 34.1 Å². The molecule has 0 aliphatic heterocycles. The zero-order valence-electron chi connectivity index (χ0n) is 13.0. The topological polar surface area (TPSA) is 29.3 Å². The van der Waals surface area contributed by atoms with Crippen LogP contribution in [0.4, 0.5) is 4.39 Å². The van der Waals surface area contributed by atoms with E-state index >= 15 is 0 Å². The van der Waals surface area contributed by atoms with Gasteiger partial charge in [0.05, 0.1) is 0 Å². The molecule has 118 valence electrons. The first-order chi connectivity index (χ1) is 10.1. The largest absolute Gasteiger partial charge is 0.329 e. The minimum Gasteiger partial charge on any atom is -0.329 e. The average molecular weight is 357 g/mol. The van der Waals surface area contributed by atoms with Gasteiger partial charge in [0.2, 0.25) is 0 Å². The van der Waals surface area contributed by atoms with Crippen molar-refractivity contribution < 1.29 is 4.39 Å². The van der Waals surface area contributed by atoms with Gasteiger partial charge in [0, 0.05) is 28.7 Å². The maximum absolute atomic E-state index is 14.1. The highest BCUT2D eigenvalue weighted by molar-refractivity contribution is 9.10. The molecular formula is C17H26BrFN2. The molecule has 1 aromatic rings. The minimum atomic E-state index is -0.164. The van der Waals surface area contributed by atoms with Crippen LogP contribution in [0, 0.1) is 11.7 Å². The highest BCUT2D eigenvalue weighted by Crippen LogP contribution is 2.33. The molecule has 0 bridgehead atoms. The summed E-state index contributed by atoms with van der Waals surface area (Å²) in [4.78, 5) is 2.29. The maximum atomic E-state index is 14.1. The fourth-order valence-electron chi connectivity index (χ4n) is 3.50. The summed E-state index contributed by atoms with van der Waals surface area (Å²) in [5, 5.41) is 0. The van der Waals surface area contributed by atoms with Crippen molar-refractivity contribution in [2.24, 2.45) is 11.7 Å². The lowest BCUT2D eigenvalue weighted by Gasteiger charge is -2.39. The standard InChI is InChI=1S/C17H26BrFN2/c1-3-12-4-7-14(8-5-12)21(2)17(11-20)15-10-13(18)6-9-16(15)19/h6,9-10,12,14,17H,3-5,7-8,11,20H2,1-2H3. The first-order valence-electron chi connectivity index (χ1n) is 7.93. The Kier molecular flexibility index (Phi) is 6.20. The second kappa shape index (κ2) is 7.70. The van der Waals surface area contributed by atoms with Gasteiger partial charge in [-0.1, -0.05) is 29.3 Å². The highest BCUT2D eigenvalue weighted by Gasteiger charge is 2.28. The number of benzene rings is 1. The third kappa shape index (κ3) is 4.05. The normalized spacial score (nSPS) is 24.3. The molecule has 0 saturated heterocycles. The van der Waals surface area contributed by atoms with Crippen molar-refractivity contribution in [2.45, 2.75) is 51.1 Å². The number of rotatable bonds is 5. The Morgan fingerprint density at radius 3 is 2.57 bits per heavy atom. The summed E-state index contributed by atoms with van der Waals surface area (Å²) in [7, 11) is 2.09. The van der Waals surface area contributed by atoms with Crippen LogP contribution in [0.2, 0.25) is 0 Å². The molecule has 0 spiro atoms. The summed E-state index contributed by atoms with van der Waals surface area (Å²) in [5.74, 6) is 0.705. The first-order valence-corrected chi connectivity index (χ1v) is 8.73. The predicted octanol–water partition coefficient (Wildman–Crippen LogP) is 4.49. The molecule has 1 aromatic carbocycles. The third-order valence-electron chi connectivity index (χ3n) is 5.00. The molecule has 1 atom stereocenters. The van der Waals surface area contributed by atoms with Crippen LogP contribution in [-0.4, -0.2) is 24.5 Å². The number of hydrogen-bond acceptors (Lipinski definition) is 2. The number of hydrogen-bond donors (Lipinski definition) is 1. The molecule has 4 heteroatoms. The molecule has 2 nitrogen and oxygen atoms in total. The van der Waals surface area contributed by atoms with Crippen LogP contribution >= 0.6 is 15.9 Å². The maximum Gasteiger partial charge on any atom is 0.128 e. The van der Waals surface area contributed by atoms with Crippen LogP contribution in [0.5, 0.6) is 0 Å². The van der Waals surface area contributed by atoms with Gasteiger partial charge >= 0.3 is 0 Å². The molecule has 1 unspecified atom stereocenters. The monoisotopic (exact) mass is 356 g/mol. The van der Waals surface area contributed by atoms with Crippen LogP contribution in [0.15, 0.2) is 22.7 Å². The molecule has 0 amide bonds. The summed E-state index contributed by atoms with van der Waals surface area (Å²) in [6.45, 7) is 2.71. The average Bonchev–Trinajstić information content (AvgIpc) is 2.51. The van der Waals surface area contributed by atoms with Crippen molar-refractivity contribution >= 4 is 15.9 Å². The van der Waals surface area contributed by atoms with Crippen molar-refractivity contribution in [1.82, 2.24) is 4.90 Å². The third-order valence-corrected chi connectivity index (χ3v) is 5.49. The molecule has 1 aliphatic rings. The van der Waals surface area contributed by atoms with Crippen LogP contribution in [0.1, 0.15) is 50.6 Å². The Bertz CT molecular complexity index is 458. The molecule has 1 saturated carbocycles. The number of nitrogens with two attached hydrogens (primary N) is 1. The summed E-state index contributed by atoms with van der Waals surface area (Å²) >= 11 is 3.43. The van der Waals surface area contributed by atoms with Gasteiger partial charge in [0.15, 0.2) is 0 Å². The zero-order chi connectivity index (χ0) is 15.4. The van der Waals surface area contributed by atoms with Gasteiger partial charge in [-0.2, -0.15) is 0 Å². The van der Waals surface area contributed by atoms with Gasteiger partial charge in [-0.15, -0.1) is 0 Å². The molecule has 1 aliphatic carbocycles. The smallest absolute Gasteiger partial charge is 0.128 e. The Labute approximate surface area is 136 Å². The van der Waals surface area contributed by atoms with Crippen molar-refractivity contribution in [1.29, 1.82) is 0 Å². The molecule has 0 aromatic heterocycles. The lowest BCUT2D eigenvalue weighted by atomic mass is 9.83. The molecule has 2 rings (SSSR count). The van der Waals surface area contributed by atoms with E-state index in [1.165, 1.54) is 38.2 Å². The van der Waals surface area contributed by atoms with Gasteiger partial charge in [-0.05, 0) is 56.8 Å². The molecule has 0 heterocycles. The van der Waals surface area contributed by atoms with E-state index in [0.29, 0.717) is 18.2 Å². The van der Waals surface area contributed by atoms with Crippen LogP contribution < -0.4 is 5.73 Å². The second-order valence-electron chi connectivity index (χ2n) is 6.17. The first kappa shape index (κ1) is 16.9. The van der Waals surface area contributed by atoms with Gasteiger partial charge in [-0.3, -0.25) is 4.90 Å². The highest BCUT2D eigenvalue weighted by atomic mass is 79.9. The lowest BCUT2D eigenvalue weighted by molar-refractivity contribution is 0.120. The van der Waals surface area contributed by atoms with E-state index in [9.17, 15) is 4.39 Å². The van der Waals surface area contributed by atoms with Crippen molar-refractivity contribution in [3.8, 4) is 0 Å². The van der Waals surface area contributed by atoms with Gasteiger partial charge < -0.3 is 5.73 Å². The molecular weight excluding hydrogens is 331 g/mol. The van der Waals surface area contributed by atoms with Crippen LogP contribution in [0.3, 0.4) is 0 Å². The van der Waals surface area contributed by atoms with Gasteiger partial charge in [0.1, 0.15) is 5.82 Å².